The van der Waals surface area contributed by atoms with Gasteiger partial charge < -0.3 is 25.0 Å². The van der Waals surface area contributed by atoms with Crippen molar-refractivity contribution in [3.63, 3.8) is 0 Å². The summed E-state index contributed by atoms with van der Waals surface area (Å²) in [6.07, 6.45) is 3.81. The maximum Gasteiger partial charge on any atom is 0.319 e. The number of benzene rings is 1. The average molecular weight is 496 g/mol. The molecule has 1 aromatic carbocycles. The van der Waals surface area contributed by atoms with Crippen molar-refractivity contribution >= 4 is 16.7 Å². The SMILES string of the molecule is CN1CCCC1COc1nc(N2CCN[C@@H](CC#N)C2)c2cnc(-c3cc(O)ccc3F)c(F)c2n1. The van der Waals surface area contributed by atoms with Crippen LogP contribution in [0.15, 0.2) is 24.4 Å². The zero-order valence-electron chi connectivity index (χ0n) is 19.9. The van der Waals surface area contributed by atoms with Crippen LogP contribution < -0.4 is 15.0 Å². The fourth-order valence-electron chi connectivity index (χ4n) is 4.84. The molecule has 4 heterocycles. The van der Waals surface area contributed by atoms with Crippen molar-refractivity contribution in [2.75, 3.05) is 44.7 Å². The van der Waals surface area contributed by atoms with Crippen molar-refractivity contribution in [2.24, 2.45) is 0 Å². The predicted octanol–water partition coefficient (Wildman–Crippen LogP) is 2.84. The van der Waals surface area contributed by atoms with Crippen LogP contribution in [0.4, 0.5) is 14.6 Å². The Kier molecular flexibility index (Phi) is 6.80. The number of nitrogens with one attached hydrogen (secondary N) is 1. The number of aromatic hydroxyl groups is 1. The largest absolute Gasteiger partial charge is 0.508 e. The fraction of sp³-hybridized carbons (Fsp3) is 0.440. The van der Waals surface area contributed by atoms with Crippen LogP contribution >= 0.6 is 0 Å². The van der Waals surface area contributed by atoms with Gasteiger partial charge in [-0.3, -0.25) is 4.98 Å². The van der Waals surface area contributed by atoms with E-state index in [2.05, 4.69) is 31.2 Å². The molecule has 5 rings (SSSR count). The van der Waals surface area contributed by atoms with E-state index in [1.807, 2.05) is 11.9 Å². The van der Waals surface area contributed by atoms with Crippen LogP contribution in [0.25, 0.3) is 22.2 Å². The fourth-order valence-corrected chi connectivity index (χ4v) is 4.84. The second kappa shape index (κ2) is 10.2. The number of anilines is 1. The molecule has 2 fully saturated rings. The Labute approximate surface area is 207 Å². The van der Waals surface area contributed by atoms with Gasteiger partial charge in [0.05, 0.1) is 17.9 Å². The lowest BCUT2D eigenvalue weighted by atomic mass is 10.1. The maximum absolute atomic E-state index is 15.9. The van der Waals surface area contributed by atoms with E-state index in [4.69, 9.17) is 10.00 Å². The molecule has 2 aliphatic rings. The summed E-state index contributed by atoms with van der Waals surface area (Å²) in [5.41, 5.74) is -0.469. The number of halogens is 2. The molecule has 2 atom stereocenters. The third-order valence-corrected chi connectivity index (χ3v) is 6.82. The van der Waals surface area contributed by atoms with E-state index in [9.17, 15) is 9.50 Å². The number of nitrogens with zero attached hydrogens (tertiary/aromatic N) is 6. The lowest BCUT2D eigenvalue weighted by molar-refractivity contribution is 0.188. The standard InChI is InChI=1S/C25H27F2N7O2/c1-33-9-2-3-16(33)14-36-25-31-23-19(24(32-25)34-10-8-29-15(13-34)6-7-28)12-30-22(21(23)27)18-11-17(35)4-5-20(18)26/h4-5,11-12,15-16,29,35H,2-3,6,8-10,13-14H2,1H3/t15-,16?/m0/s1. The summed E-state index contributed by atoms with van der Waals surface area (Å²) in [5, 5.41) is 22.6. The smallest absolute Gasteiger partial charge is 0.319 e. The number of likely N-dealkylation sites (tertiary alicyclic amines) is 1. The van der Waals surface area contributed by atoms with Crippen molar-refractivity contribution < 1.29 is 18.6 Å². The number of phenolic OH excluding ortho intramolecular Hbond substituents is 1. The molecule has 1 unspecified atom stereocenters. The van der Waals surface area contributed by atoms with Gasteiger partial charge in [0.25, 0.3) is 0 Å². The number of likely N-dealkylation sites (N-methyl/N-ethyl adjacent to an activating group) is 1. The van der Waals surface area contributed by atoms with E-state index in [0.717, 1.165) is 31.5 Å². The molecule has 0 aliphatic carbocycles. The molecule has 0 bridgehead atoms. The number of rotatable bonds is 6. The third-order valence-electron chi connectivity index (χ3n) is 6.82. The van der Waals surface area contributed by atoms with Gasteiger partial charge in [-0.25, -0.2) is 8.78 Å². The van der Waals surface area contributed by atoms with E-state index in [0.29, 0.717) is 43.9 Å². The minimum absolute atomic E-state index is 0.0283. The van der Waals surface area contributed by atoms with Crippen LogP contribution in [0, 0.1) is 23.0 Å². The summed E-state index contributed by atoms with van der Waals surface area (Å²) in [7, 11) is 2.03. The van der Waals surface area contributed by atoms with Gasteiger partial charge in [0.2, 0.25) is 0 Å². The first-order valence-corrected chi connectivity index (χ1v) is 12.0. The molecule has 2 aliphatic heterocycles. The molecule has 0 spiro atoms. The molecule has 0 saturated carbocycles. The Morgan fingerprint density at radius 1 is 1.28 bits per heavy atom. The highest BCUT2D eigenvalue weighted by molar-refractivity contribution is 5.92. The second-order valence-electron chi connectivity index (χ2n) is 9.22. The highest BCUT2D eigenvalue weighted by Gasteiger charge is 2.27. The molecule has 188 valence electrons. The first-order chi connectivity index (χ1) is 17.4. The molecule has 3 aromatic rings. The number of phenols is 1. The van der Waals surface area contributed by atoms with Gasteiger partial charge in [0, 0.05) is 43.5 Å². The second-order valence-corrected chi connectivity index (χ2v) is 9.22. The average Bonchev–Trinajstić information content (AvgIpc) is 3.29. The number of piperazine rings is 1. The third kappa shape index (κ3) is 4.74. The summed E-state index contributed by atoms with van der Waals surface area (Å²) in [6.45, 7) is 3.06. The van der Waals surface area contributed by atoms with Crippen LogP contribution in [-0.4, -0.2) is 76.9 Å². The molecule has 2 saturated heterocycles. The first-order valence-electron chi connectivity index (χ1n) is 12.0. The van der Waals surface area contributed by atoms with E-state index < -0.39 is 11.6 Å². The maximum atomic E-state index is 15.9. The van der Waals surface area contributed by atoms with Crippen LogP contribution in [-0.2, 0) is 0 Å². The van der Waals surface area contributed by atoms with Crippen LogP contribution in [0.3, 0.4) is 0 Å². The van der Waals surface area contributed by atoms with Gasteiger partial charge in [0.1, 0.15) is 35.2 Å². The number of aromatic nitrogens is 3. The Morgan fingerprint density at radius 3 is 2.92 bits per heavy atom. The van der Waals surface area contributed by atoms with Crippen LogP contribution in [0.2, 0.25) is 0 Å². The Hall–Kier alpha value is -3.62. The van der Waals surface area contributed by atoms with Crippen molar-refractivity contribution in [3.05, 3.63) is 36.0 Å². The van der Waals surface area contributed by atoms with Crippen molar-refractivity contribution in [1.82, 2.24) is 25.2 Å². The highest BCUT2D eigenvalue weighted by atomic mass is 19.1. The molecular weight excluding hydrogens is 468 g/mol. The van der Waals surface area contributed by atoms with Crippen molar-refractivity contribution in [2.45, 2.75) is 31.3 Å². The molecular formula is C25H27F2N7O2. The summed E-state index contributed by atoms with van der Waals surface area (Å²) in [6, 6.07) is 5.73. The molecule has 0 amide bonds. The Bertz CT molecular complexity index is 1320. The quantitative estimate of drug-likeness (QED) is 0.533. The number of fused-ring (bicyclic) bond motifs is 1. The van der Waals surface area contributed by atoms with Crippen LogP contribution in [0.5, 0.6) is 11.8 Å². The summed E-state index contributed by atoms with van der Waals surface area (Å²) in [4.78, 5) is 17.3. The monoisotopic (exact) mass is 495 g/mol. The first kappa shape index (κ1) is 24.1. The van der Waals surface area contributed by atoms with Gasteiger partial charge in [-0.05, 0) is 44.6 Å². The van der Waals surface area contributed by atoms with E-state index in [1.54, 1.807) is 0 Å². The molecule has 11 heteroatoms. The lowest BCUT2D eigenvalue weighted by Gasteiger charge is -2.34. The van der Waals surface area contributed by atoms with Crippen molar-refractivity contribution in [3.8, 4) is 29.1 Å². The molecule has 0 radical (unpaired) electrons. The Morgan fingerprint density at radius 2 is 2.14 bits per heavy atom. The molecule has 9 nitrogen and oxygen atoms in total. The predicted molar refractivity (Wildman–Crippen MR) is 130 cm³/mol. The zero-order chi connectivity index (χ0) is 25.2. The van der Waals surface area contributed by atoms with E-state index in [1.165, 1.54) is 12.3 Å². The lowest BCUT2D eigenvalue weighted by Crippen LogP contribution is -2.51. The summed E-state index contributed by atoms with van der Waals surface area (Å²) >= 11 is 0. The number of hydrogen-bond donors (Lipinski definition) is 2. The highest BCUT2D eigenvalue weighted by Crippen LogP contribution is 2.34. The molecule has 36 heavy (non-hydrogen) atoms. The normalized spacial score (nSPS) is 20.6. The number of hydrogen-bond acceptors (Lipinski definition) is 9. The number of ether oxygens (including phenoxy) is 1. The van der Waals surface area contributed by atoms with Gasteiger partial charge in [0.15, 0.2) is 5.82 Å². The summed E-state index contributed by atoms with van der Waals surface area (Å²) < 4.78 is 36.3. The zero-order valence-corrected chi connectivity index (χ0v) is 19.9. The topological polar surface area (TPSA) is 110 Å². The minimum Gasteiger partial charge on any atom is -0.508 e. The van der Waals surface area contributed by atoms with E-state index in [-0.39, 0.29) is 40.6 Å². The van der Waals surface area contributed by atoms with Gasteiger partial charge in [-0.15, -0.1) is 0 Å². The van der Waals surface area contributed by atoms with Crippen molar-refractivity contribution in [1.29, 1.82) is 5.26 Å². The van der Waals surface area contributed by atoms with Gasteiger partial charge in [-0.1, -0.05) is 0 Å². The summed E-state index contributed by atoms with van der Waals surface area (Å²) in [5.74, 6) is -1.29. The van der Waals surface area contributed by atoms with Crippen LogP contribution in [0.1, 0.15) is 19.3 Å². The van der Waals surface area contributed by atoms with Gasteiger partial charge in [-0.2, -0.15) is 15.2 Å². The number of pyridine rings is 1. The minimum atomic E-state index is -0.827. The van der Waals surface area contributed by atoms with Gasteiger partial charge >= 0.3 is 6.01 Å². The molecule has 2 aromatic heterocycles. The molecule has 2 N–H and O–H groups in total. The number of nitriles is 1. The van der Waals surface area contributed by atoms with E-state index >= 15 is 4.39 Å². The Balaban J connectivity index is 1.58.